The third-order valence-electron chi connectivity index (χ3n) is 4.31. The van der Waals surface area contributed by atoms with Gasteiger partial charge in [0.25, 0.3) is 5.91 Å². The van der Waals surface area contributed by atoms with E-state index in [1.165, 1.54) is 18.4 Å². The standard InChI is InChI=1S/C19H21NO4S/c1-11-7-4-5-9-14(11)24-12(2)17(21)20-18-16(19(22)23-3)13-8-6-10-15(13)25-18/h4-5,7,9,12H,6,8,10H2,1-3H3,(H,20,21). The van der Waals surface area contributed by atoms with Gasteiger partial charge >= 0.3 is 5.97 Å². The molecule has 1 atom stereocenters. The number of nitrogens with one attached hydrogen (secondary N) is 1. The summed E-state index contributed by atoms with van der Waals surface area (Å²) in [5.74, 6) is -0.0116. The third-order valence-corrected chi connectivity index (χ3v) is 5.52. The molecule has 1 amide bonds. The van der Waals surface area contributed by atoms with E-state index in [-0.39, 0.29) is 5.91 Å². The number of esters is 1. The van der Waals surface area contributed by atoms with Crippen molar-refractivity contribution in [2.75, 3.05) is 12.4 Å². The predicted octanol–water partition coefficient (Wildman–Crippen LogP) is 3.74. The van der Waals surface area contributed by atoms with E-state index in [2.05, 4.69) is 5.32 Å². The maximum atomic E-state index is 12.5. The molecule has 1 aromatic heterocycles. The number of aryl methyl sites for hydroxylation is 2. The van der Waals surface area contributed by atoms with E-state index in [1.54, 1.807) is 6.92 Å². The Morgan fingerprint density at radius 3 is 2.72 bits per heavy atom. The van der Waals surface area contributed by atoms with Gasteiger partial charge in [-0.25, -0.2) is 4.79 Å². The van der Waals surface area contributed by atoms with E-state index < -0.39 is 12.1 Å². The van der Waals surface area contributed by atoms with Gasteiger partial charge in [-0.2, -0.15) is 0 Å². The minimum Gasteiger partial charge on any atom is -0.481 e. The van der Waals surface area contributed by atoms with Gasteiger partial charge in [0.05, 0.1) is 12.7 Å². The first kappa shape index (κ1) is 17.5. The lowest BCUT2D eigenvalue weighted by Gasteiger charge is -2.16. The fourth-order valence-corrected chi connectivity index (χ4v) is 4.24. The number of carbonyl (C=O) groups is 2. The molecule has 0 radical (unpaired) electrons. The van der Waals surface area contributed by atoms with Crippen LogP contribution >= 0.6 is 11.3 Å². The van der Waals surface area contributed by atoms with E-state index in [0.717, 1.165) is 35.3 Å². The monoisotopic (exact) mass is 359 g/mol. The third kappa shape index (κ3) is 3.54. The Kier molecular flexibility index (Phi) is 5.08. The zero-order valence-corrected chi connectivity index (χ0v) is 15.4. The summed E-state index contributed by atoms with van der Waals surface area (Å²) in [7, 11) is 1.36. The van der Waals surface area contributed by atoms with Crippen LogP contribution in [0.2, 0.25) is 0 Å². The van der Waals surface area contributed by atoms with Crippen molar-refractivity contribution in [2.45, 2.75) is 39.2 Å². The fraction of sp³-hybridized carbons (Fsp3) is 0.368. The van der Waals surface area contributed by atoms with Crippen LogP contribution in [-0.4, -0.2) is 25.1 Å². The average molecular weight is 359 g/mol. The SMILES string of the molecule is COC(=O)c1c(NC(=O)C(C)Oc2ccccc2C)sc2c1CCC2. The topological polar surface area (TPSA) is 64.6 Å². The molecule has 1 N–H and O–H groups in total. The minimum atomic E-state index is -0.677. The van der Waals surface area contributed by atoms with Crippen LogP contribution < -0.4 is 10.1 Å². The first-order chi connectivity index (χ1) is 12.0. The molecule has 1 aromatic carbocycles. The van der Waals surface area contributed by atoms with Gasteiger partial charge in [0.2, 0.25) is 0 Å². The van der Waals surface area contributed by atoms with Crippen LogP contribution in [0.4, 0.5) is 5.00 Å². The molecule has 0 fully saturated rings. The summed E-state index contributed by atoms with van der Waals surface area (Å²) in [6.07, 6.45) is 2.14. The molecule has 0 saturated heterocycles. The van der Waals surface area contributed by atoms with Crippen molar-refractivity contribution in [1.29, 1.82) is 0 Å². The lowest BCUT2D eigenvalue weighted by molar-refractivity contribution is -0.122. The smallest absolute Gasteiger partial charge is 0.341 e. The molecule has 2 aromatic rings. The summed E-state index contributed by atoms with van der Waals surface area (Å²) in [5.41, 5.74) is 2.48. The van der Waals surface area contributed by atoms with Crippen molar-refractivity contribution in [1.82, 2.24) is 0 Å². The van der Waals surface area contributed by atoms with Gasteiger partial charge in [0.1, 0.15) is 10.8 Å². The summed E-state index contributed by atoms with van der Waals surface area (Å²) in [4.78, 5) is 25.8. The molecule has 132 valence electrons. The van der Waals surface area contributed by atoms with Crippen LogP contribution in [0.25, 0.3) is 0 Å². The Labute approximate surface area is 151 Å². The fourth-order valence-electron chi connectivity index (χ4n) is 2.96. The Bertz CT molecular complexity index is 812. The van der Waals surface area contributed by atoms with Crippen LogP contribution in [0.3, 0.4) is 0 Å². The Morgan fingerprint density at radius 2 is 2.00 bits per heavy atom. The second-order valence-corrected chi connectivity index (χ2v) is 7.17. The number of para-hydroxylation sites is 1. The van der Waals surface area contributed by atoms with E-state index in [9.17, 15) is 9.59 Å². The normalized spacial score (nSPS) is 13.9. The second kappa shape index (κ2) is 7.27. The first-order valence-corrected chi connectivity index (χ1v) is 9.09. The number of amides is 1. The van der Waals surface area contributed by atoms with Gasteiger partial charge in [-0.3, -0.25) is 4.79 Å². The van der Waals surface area contributed by atoms with Crippen molar-refractivity contribution < 1.29 is 19.1 Å². The number of thiophene rings is 1. The highest BCUT2D eigenvalue weighted by molar-refractivity contribution is 7.17. The largest absolute Gasteiger partial charge is 0.481 e. The van der Waals surface area contributed by atoms with Gasteiger partial charge in [0, 0.05) is 4.88 Å². The lowest BCUT2D eigenvalue weighted by Crippen LogP contribution is -2.30. The summed E-state index contributed by atoms with van der Waals surface area (Å²) in [6, 6.07) is 7.55. The van der Waals surface area contributed by atoms with Crippen LogP contribution in [0.1, 0.15) is 39.7 Å². The number of fused-ring (bicyclic) bond motifs is 1. The summed E-state index contributed by atoms with van der Waals surface area (Å²) >= 11 is 1.46. The number of hydrogen-bond donors (Lipinski definition) is 1. The van der Waals surface area contributed by atoms with Crippen molar-refractivity contribution in [3.8, 4) is 5.75 Å². The van der Waals surface area contributed by atoms with Crippen molar-refractivity contribution >= 4 is 28.2 Å². The van der Waals surface area contributed by atoms with E-state index in [0.29, 0.717) is 16.3 Å². The highest BCUT2D eigenvalue weighted by Crippen LogP contribution is 2.39. The van der Waals surface area contributed by atoms with E-state index >= 15 is 0 Å². The second-order valence-electron chi connectivity index (χ2n) is 6.07. The number of hydrogen-bond acceptors (Lipinski definition) is 5. The Hall–Kier alpha value is -2.34. The van der Waals surface area contributed by atoms with Crippen LogP contribution in [0.15, 0.2) is 24.3 Å². The average Bonchev–Trinajstić information content (AvgIpc) is 3.16. The van der Waals surface area contributed by atoms with E-state index in [4.69, 9.17) is 9.47 Å². The van der Waals surface area contributed by atoms with Crippen molar-refractivity contribution in [2.24, 2.45) is 0 Å². The molecule has 3 rings (SSSR count). The van der Waals surface area contributed by atoms with Crippen molar-refractivity contribution in [3.63, 3.8) is 0 Å². The molecule has 0 bridgehead atoms. The van der Waals surface area contributed by atoms with Crippen molar-refractivity contribution in [3.05, 3.63) is 45.8 Å². The molecule has 1 unspecified atom stereocenters. The summed E-state index contributed by atoms with van der Waals surface area (Å²) in [5, 5.41) is 3.41. The molecule has 6 heteroatoms. The number of anilines is 1. The van der Waals surface area contributed by atoms with E-state index in [1.807, 2.05) is 31.2 Å². The highest BCUT2D eigenvalue weighted by Gasteiger charge is 2.29. The molecular formula is C19H21NO4S. The van der Waals surface area contributed by atoms with Gasteiger partial charge in [-0.05, 0) is 50.3 Å². The molecular weight excluding hydrogens is 338 g/mol. The molecule has 1 heterocycles. The maximum Gasteiger partial charge on any atom is 0.341 e. The zero-order chi connectivity index (χ0) is 18.0. The van der Waals surface area contributed by atoms with Gasteiger partial charge in [-0.1, -0.05) is 18.2 Å². The molecule has 0 spiro atoms. The zero-order valence-electron chi connectivity index (χ0n) is 14.5. The summed E-state index contributed by atoms with van der Waals surface area (Å²) in [6.45, 7) is 3.63. The minimum absolute atomic E-state index is 0.284. The number of carbonyl (C=O) groups excluding carboxylic acids is 2. The molecule has 1 aliphatic rings. The quantitative estimate of drug-likeness (QED) is 0.826. The molecule has 1 aliphatic carbocycles. The van der Waals surface area contributed by atoms with Gasteiger partial charge in [0.15, 0.2) is 6.10 Å². The molecule has 5 nitrogen and oxygen atoms in total. The molecule has 25 heavy (non-hydrogen) atoms. The number of ether oxygens (including phenoxy) is 2. The summed E-state index contributed by atoms with van der Waals surface area (Å²) < 4.78 is 10.7. The maximum absolute atomic E-state index is 12.5. The predicted molar refractivity (Wildman–Crippen MR) is 97.6 cm³/mol. The Morgan fingerprint density at radius 1 is 1.24 bits per heavy atom. The number of benzene rings is 1. The number of rotatable bonds is 5. The first-order valence-electron chi connectivity index (χ1n) is 8.27. The molecule has 0 saturated carbocycles. The lowest BCUT2D eigenvalue weighted by atomic mass is 10.1. The van der Waals surface area contributed by atoms with Gasteiger partial charge < -0.3 is 14.8 Å². The van der Waals surface area contributed by atoms with Gasteiger partial charge in [-0.15, -0.1) is 11.3 Å². The van der Waals surface area contributed by atoms with Crippen LogP contribution in [-0.2, 0) is 22.4 Å². The Balaban J connectivity index is 1.77. The van der Waals surface area contributed by atoms with Crippen LogP contribution in [0.5, 0.6) is 5.75 Å². The molecule has 0 aliphatic heterocycles. The number of methoxy groups -OCH3 is 1. The van der Waals surface area contributed by atoms with Crippen LogP contribution in [0, 0.1) is 6.92 Å². The highest BCUT2D eigenvalue weighted by atomic mass is 32.1.